The van der Waals surface area contributed by atoms with Crippen molar-refractivity contribution in [1.29, 1.82) is 0 Å². The standard InChI is InChI=1S/C20H25N5/c21-20(25-18-7-3-5-15-4-1-2-6-17(15)18)22-11-10-14-12-23-19(24-13-14)16-8-9-16/h3,5,7,12-13,16H,1-2,4,6,8-11H2,(H3,21,22,25). The van der Waals surface area contributed by atoms with Crippen molar-refractivity contribution in [3.8, 4) is 0 Å². The SMILES string of the molecule is NC(=NCCc1cnc(C2CC2)nc1)Nc1cccc2c1CCCC2. The summed E-state index contributed by atoms with van der Waals surface area (Å²) in [6.07, 6.45) is 11.9. The number of aryl methyl sites for hydroxylation is 1. The molecule has 1 fully saturated rings. The summed E-state index contributed by atoms with van der Waals surface area (Å²) in [6, 6.07) is 6.41. The topological polar surface area (TPSA) is 76.2 Å². The van der Waals surface area contributed by atoms with Gasteiger partial charge >= 0.3 is 0 Å². The van der Waals surface area contributed by atoms with Crippen molar-refractivity contribution in [3.63, 3.8) is 0 Å². The summed E-state index contributed by atoms with van der Waals surface area (Å²) in [4.78, 5) is 13.4. The van der Waals surface area contributed by atoms with Crippen molar-refractivity contribution in [1.82, 2.24) is 9.97 Å². The Labute approximate surface area is 148 Å². The van der Waals surface area contributed by atoms with Crippen LogP contribution in [0.2, 0.25) is 0 Å². The summed E-state index contributed by atoms with van der Waals surface area (Å²) in [5.74, 6) is 2.07. The summed E-state index contributed by atoms with van der Waals surface area (Å²) in [5, 5.41) is 3.29. The highest BCUT2D eigenvalue weighted by Gasteiger charge is 2.26. The van der Waals surface area contributed by atoms with Gasteiger partial charge in [0.05, 0.1) is 0 Å². The molecule has 130 valence electrons. The van der Waals surface area contributed by atoms with Crippen LogP contribution in [0.4, 0.5) is 5.69 Å². The minimum atomic E-state index is 0.481. The molecule has 0 atom stereocenters. The van der Waals surface area contributed by atoms with E-state index in [0.29, 0.717) is 18.4 Å². The van der Waals surface area contributed by atoms with Crippen LogP contribution in [0.1, 0.15) is 54.1 Å². The number of guanidine groups is 1. The smallest absolute Gasteiger partial charge is 0.193 e. The number of hydrogen-bond acceptors (Lipinski definition) is 3. The van der Waals surface area contributed by atoms with Crippen molar-refractivity contribution in [2.24, 2.45) is 10.7 Å². The van der Waals surface area contributed by atoms with Crippen molar-refractivity contribution in [3.05, 3.63) is 53.1 Å². The van der Waals surface area contributed by atoms with Gasteiger partial charge in [0.15, 0.2) is 5.96 Å². The van der Waals surface area contributed by atoms with Crippen molar-refractivity contribution in [2.45, 2.75) is 50.9 Å². The highest BCUT2D eigenvalue weighted by molar-refractivity contribution is 5.93. The lowest BCUT2D eigenvalue weighted by Crippen LogP contribution is -2.24. The van der Waals surface area contributed by atoms with E-state index in [1.807, 2.05) is 12.4 Å². The molecule has 1 aromatic heterocycles. The Morgan fingerprint density at radius 3 is 2.76 bits per heavy atom. The normalized spacial score (nSPS) is 17.2. The predicted molar refractivity (Wildman–Crippen MR) is 101 cm³/mol. The molecule has 0 aliphatic heterocycles. The lowest BCUT2D eigenvalue weighted by Gasteiger charge is -2.19. The fraction of sp³-hybridized carbons (Fsp3) is 0.450. The number of hydrogen-bond donors (Lipinski definition) is 2. The molecule has 25 heavy (non-hydrogen) atoms. The van der Waals surface area contributed by atoms with E-state index in [-0.39, 0.29) is 0 Å². The third-order valence-corrected chi connectivity index (χ3v) is 5.01. The molecule has 0 amide bonds. The lowest BCUT2D eigenvalue weighted by molar-refractivity contribution is 0.687. The molecule has 1 saturated carbocycles. The van der Waals surface area contributed by atoms with Gasteiger partial charge in [-0.15, -0.1) is 0 Å². The van der Waals surface area contributed by atoms with Gasteiger partial charge in [-0.1, -0.05) is 12.1 Å². The second kappa shape index (κ2) is 7.21. The molecule has 5 heteroatoms. The molecule has 0 saturated heterocycles. The maximum atomic E-state index is 6.08. The maximum absolute atomic E-state index is 6.08. The predicted octanol–water partition coefficient (Wildman–Crippen LogP) is 3.20. The van der Waals surface area contributed by atoms with E-state index >= 15 is 0 Å². The number of aliphatic imine (C=N–C) groups is 1. The van der Waals surface area contributed by atoms with Crippen LogP contribution in [0.3, 0.4) is 0 Å². The van der Waals surface area contributed by atoms with E-state index < -0.39 is 0 Å². The zero-order chi connectivity index (χ0) is 17.1. The Morgan fingerprint density at radius 2 is 1.96 bits per heavy atom. The van der Waals surface area contributed by atoms with Gasteiger partial charge in [-0.05, 0) is 67.7 Å². The van der Waals surface area contributed by atoms with Gasteiger partial charge in [-0.25, -0.2) is 9.97 Å². The first kappa shape index (κ1) is 16.1. The average Bonchev–Trinajstić information content (AvgIpc) is 3.48. The number of benzene rings is 1. The van der Waals surface area contributed by atoms with Gasteiger partial charge in [0.1, 0.15) is 5.82 Å². The van der Waals surface area contributed by atoms with Gasteiger partial charge in [0, 0.05) is 30.5 Å². The van der Waals surface area contributed by atoms with Gasteiger partial charge < -0.3 is 11.1 Å². The molecule has 1 heterocycles. The van der Waals surface area contributed by atoms with Crippen LogP contribution in [0.25, 0.3) is 0 Å². The van der Waals surface area contributed by atoms with Crippen molar-refractivity contribution >= 4 is 11.6 Å². The number of aromatic nitrogens is 2. The Bertz CT molecular complexity index is 762. The minimum Gasteiger partial charge on any atom is -0.370 e. The number of nitrogens with one attached hydrogen (secondary N) is 1. The molecule has 0 bridgehead atoms. The van der Waals surface area contributed by atoms with Crippen LogP contribution in [0.15, 0.2) is 35.6 Å². The first-order valence-electron chi connectivity index (χ1n) is 9.28. The molecule has 2 aliphatic rings. The van der Waals surface area contributed by atoms with Crippen LogP contribution in [-0.4, -0.2) is 22.5 Å². The third kappa shape index (κ3) is 3.98. The molecule has 2 aromatic rings. The Kier molecular flexibility index (Phi) is 4.63. The highest BCUT2D eigenvalue weighted by Crippen LogP contribution is 2.37. The molecular weight excluding hydrogens is 310 g/mol. The molecular formula is C20H25N5. The van der Waals surface area contributed by atoms with Crippen LogP contribution in [-0.2, 0) is 19.3 Å². The molecule has 2 aliphatic carbocycles. The van der Waals surface area contributed by atoms with E-state index in [2.05, 4.69) is 38.5 Å². The molecule has 0 spiro atoms. The maximum Gasteiger partial charge on any atom is 0.193 e. The molecule has 0 radical (unpaired) electrons. The number of anilines is 1. The largest absolute Gasteiger partial charge is 0.370 e. The Morgan fingerprint density at radius 1 is 1.16 bits per heavy atom. The zero-order valence-electron chi connectivity index (χ0n) is 14.5. The monoisotopic (exact) mass is 335 g/mol. The molecule has 0 unspecified atom stereocenters. The van der Waals surface area contributed by atoms with Gasteiger partial charge in [-0.3, -0.25) is 4.99 Å². The van der Waals surface area contributed by atoms with Crippen LogP contribution >= 0.6 is 0 Å². The second-order valence-corrected chi connectivity index (χ2v) is 7.02. The number of nitrogens with two attached hydrogens (primary N) is 1. The fourth-order valence-electron chi connectivity index (χ4n) is 3.43. The molecule has 1 aromatic carbocycles. The Hall–Kier alpha value is -2.43. The van der Waals surface area contributed by atoms with Crippen molar-refractivity contribution in [2.75, 3.05) is 11.9 Å². The molecule has 4 rings (SSSR count). The van der Waals surface area contributed by atoms with E-state index in [1.165, 1.54) is 43.2 Å². The number of fused-ring (bicyclic) bond motifs is 1. The third-order valence-electron chi connectivity index (χ3n) is 5.01. The van der Waals surface area contributed by atoms with Gasteiger partial charge in [-0.2, -0.15) is 0 Å². The summed E-state index contributed by atoms with van der Waals surface area (Å²) in [7, 11) is 0. The quantitative estimate of drug-likeness (QED) is 0.650. The van der Waals surface area contributed by atoms with Crippen LogP contribution < -0.4 is 11.1 Å². The summed E-state index contributed by atoms with van der Waals surface area (Å²) >= 11 is 0. The lowest BCUT2D eigenvalue weighted by atomic mass is 9.90. The van der Waals surface area contributed by atoms with Crippen molar-refractivity contribution < 1.29 is 0 Å². The fourth-order valence-corrected chi connectivity index (χ4v) is 3.43. The van der Waals surface area contributed by atoms with Gasteiger partial charge in [0.25, 0.3) is 0 Å². The average molecular weight is 335 g/mol. The summed E-state index contributed by atoms with van der Waals surface area (Å²) in [5.41, 5.74) is 11.1. The Balaban J connectivity index is 1.34. The second-order valence-electron chi connectivity index (χ2n) is 7.02. The van der Waals surface area contributed by atoms with E-state index in [4.69, 9.17) is 5.73 Å². The zero-order valence-corrected chi connectivity index (χ0v) is 14.5. The minimum absolute atomic E-state index is 0.481. The highest BCUT2D eigenvalue weighted by atomic mass is 15.1. The molecule has 5 nitrogen and oxygen atoms in total. The first-order valence-corrected chi connectivity index (χ1v) is 9.28. The van der Waals surface area contributed by atoms with Crippen LogP contribution in [0, 0.1) is 0 Å². The van der Waals surface area contributed by atoms with E-state index in [1.54, 1.807) is 0 Å². The number of nitrogens with zero attached hydrogens (tertiary/aromatic N) is 3. The van der Waals surface area contributed by atoms with Gasteiger partial charge in [0.2, 0.25) is 0 Å². The molecule has 3 N–H and O–H groups in total. The first-order chi connectivity index (χ1) is 12.3. The van der Waals surface area contributed by atoms with E-state index in [9.17, 15) is 0 Å². The van der Waals surface area contributed by atoms with Crippen LogP contribution in [0.5, 0.6) is 0 Å². The number of rotatable bonds is 5. The van der Waals surface area contributed by atoms with E-state index in [0.717, 1.165) is 29.9 Å². The summed E-state index contributed by atoms with van der Waals surface area (Å²) < 4.78 is 0. The summed E-state index contributed by atoms with van der Waals surface area (Å²) in [6.45, 7) is 0.639.